The summed E-state index contributed by atoms with van der Waals surface area (Å²) in [5.41, 5.74) is 6.06. The van der Waals surface area contributed by atoms with Crippen molar-refractivity contribution in [1.82, 2.24) is 4.90 Å². The molecule has 1 aliphatic heterocycles. The molecule has 0 amide bonds. The zero-order valence-corrected chi connectivity index (χ0v) is 12.7. The predicted octanol–water partition coefficient (Wildman–Crippen LogP) is 2.45. The van der Waals surface area contributed by atoms with Crippen LogP contribution in [0.5, 0.6) is 0 Å². The molecule has 0 bridgehead atoms. The maximum absolute atomic E-state index is 6.06. The summed E-state index contributed by atoms with van der Waals surface area (Å²) in [5, 5.41) is 0. The second kappa shape index (κ2) is 6.07. The highest BCUT2D eigenvalue weighted by molar-refractivity contribution is 14.0. The third-order valence-electron chi connectivity index (χ3n) is 3.85. The summed E-state index contributed by atoms with van der Waals surface area (Å²) in [5.74, 6) is 2.30. The molecule has 0 aromatic carbocycles. The molecule has 2 N–H and O–H groups in total. The van der Waals surface area contributed by atoms with E-state index in [1.165, 1.54) is 25.7 Å². The summed E-state index contributed by atoms with van der Waals surface area (Å²) >= 11 is 0. The van der Waals surface area contributed by atoms with Crippen LogP contribution in [0.1, 0.15) is 39.5 Å². The van der Waals surface area contributed by atoms with E-state index < -0.39 is 0 Å². The van der Waals surface area contributed by atoms with Crippen LogP contribution in [0.3, 0.4) is 0 Å². The van der Waals surface area contributed by atoms with Gasteiger partial charge in [0, 0.05) is 13.1 Å². The van der Waals surface area contributed by atoms with E-state index in [1.54, 1.807) is 0 Å². The Morgan fingerprint density at radius 3 is 2.50 bits per heavy atom. The average molecular weight is 337 g/mol. The summed E-state index contributed by atoms with van der Waals surface area (Å²) in [6.07, 6.45) is 5.14. The molecule has 3 atom stereocenters. The first-order valence-corrected chi connectivity index (χ1v) is 6.25. The molecule has 0 radical (unpaired) electrons. The largest absolute Gasteiger partial charge is 0.370 e. The summed E-state index contributed by atoms with van der Waals surface area (Å²) in [4.78, 5) is 6.90. The van der Waals surface area contributed by atoms with E-state index in [0.717, 1.165) is 30.9 Å². The Morgan fingerprint density at radius 1 is 1.25 bits per heavy atom. The van der Waals surface area contributed by atoms with Gasteiger partial charge >= 0.3 is 0 Å². The number of likely N-dealkylation sites (tertiary alicyclic amines) is 1. The molecule has 16 heavy (non-hydrogen) atoms. The van der Waals surface area contributed by atoms with Crippen LogP contribution in [0, 0.1) is 11.8 Å². The molecule has 2 rings (SSSR count). The van der Waals surface area contributed by atoms with E-state index in [9.17, 15) is 0 Å². The number of aliphatic imine (C=N–C) groups is 1. The average Bonchev–Trinajstić information content (AvgIpc) is 2.23. The van der Waals surface area contributed by atoms with Crippen LogP contribution in [0.25, 0.3) is 0 Å². The van der Waals surface area contributed by atoms with Gasteiger partial charge in [0.1, 0.15) is 0 Å². The summed E-state index contributed by atoms with van der Waals surface area (Å²) < 4.78 is 0. The summed E-state index contributed by atoms with van der Waals surface area (Å²) in [6.45, 7) is 6.76. The minimum absolute atomic E-state index is 0. The van der Waals surface area contributed by atoms with Crippen molar-refractivity contribution in [3.05, 3.63) is 0 Å². The Kier molecular flexibility index (Phi) is 5.34. The number of hydrogen-bond donors (Lipinski definition) is 1. The van der Waals surface area contributed by atoms with Crippen molar-refractivity contribution < 1.29 is 0 Å². The van der Waals surface area contributed by atoms with E-state index >= 15 is 0 Å². The smallest absolute Gasteiger partial charge is 0.191 e. The normalized spacial score (nSPS) is 35.2. The lowest BCUT2D eigenvalue weighted by atomic mass is 9.82. The van der Waals surface area contributed by atoms with Crippen molar-refractivity contribution in [2.75, 3.05) is 13.1 Å². The maximum atomic E-state index is 6.06. The second-order valence-corrected chi connectivity index (χ2v) is 5.30. The van der Waals surface area contributed by atoms with Crippen LogP contribution < -0.4 is 5.73 Å². The predicted molar refractivity (Wildman–Crippen MR) is 79.2 cm³/mol. The van der Waals surface area contributed by atoms with Gasteiger partial charge in [0.15, 0.2) is 5.96 Å². The van der Waals surface area contributed by atoms with Crippen LogP contribution in [-0.2, 0) is 0 Å². The third kappa shape index (κ3) is 3.25. The zero-order chi connectivity index (χ0) is 10.8. The molecule has 0 aromatic rings. The van der Waals surface area contributed by atoms with Crippen LogP contribution in [0.15, 0.2) is 4.99 Å². The molecule has 3 nitrogen and oxygen atoms in total. The molecule has 2 fully saturated rings. The fourth-order valence-electron chi connectivity index (χ4n) is 2.49. The molecule has 1 aliphatic carbocycles. The lowest BCUT2D eigenvalue weighted by Crippen LogP contribution is -2.45. The molecule has 0 aromatic heterocycles. The number of piperidine rings is 1. The Hall–Kier alpha value is 0. The number of nitrogens with zero attached hydrogens (tertiary/aromatic N) is 2. The molecule has 1 saturated heterocycles. The third-order valence-corrected chi connectivity index (χ3v) is 3.85. The van der Waals surface area contributed by atoms with Crippen LogP contribution >= 0.6 is 24.0 Å². The summed E-state index contributed by atoms with van der Waals surface area (Å²) in [6, 6.07) is 0.502. The first-order chi connectivity index (χ1) is 7.16. The van der Waals surface area contributed by atoms with Gasteiger partial charge in [0.05, 0.1) is 6.04 Å². The van der Waals surface area contributed by atoms with E-state index in [1.807, 2.05) is 0 Å². The molecule has 1 saturated carbocycles. The fourth-order valence-corrected chi connectivity index (χ4v) is 2.49. The summed E-state index contributed by atoms with van der Waals surface area (Å²) in [7, 11) is 0. The number of halogens is 1. The zero-order valence-electron chi connectivity index (χ0n) is 10.4. The van der Waals surface area contributed by atoms with Crippen molar-refractivity contribution in [2.45, 2.75) is 45.6 Å². The standard InChI is InChI=1S/C12H23N3.HI/c1-9-4-3-7-15(8-9)12(13)14-11-6-5-10(11)2;/h9-11H,3-8H2,1-2H3,(H2,13,14);1H. The molecular weight excluding hydrogens is 313 g/mol. The first kappa shape index (κ1) is 14.1. The van der Waals surface area contributed by atoms with Gasteiger partial charge in [-0.3, -0.25) is 0 Å². The molecule has 1 heterocycles. The van der Waals surface area contributed by atoms with Crippen LogP contribution in [-0.4, -0.2) is 30.0 Å². The van der Waals surface area contributed by atoms with Crippen LogP contribution in [0.4, 0.5) is 0 Å². The van der Waals surface area contributed by atoms with Crippen LogP contribution in [0.2, 0.25) is 0 Å². The second-order valence-electron chi connectivity index (χ2n) is 5.30. The first-order valence-electron chi connectivity index (χ1n) is 6.25. The molecule has 3 unspecified atom stereocenters. The van der Waals surface area contributed by atoms with Crippen molar-refractivity contribution in [1.29, 1.82) is 0 Å². The minimum Gasteiger partial charge on any atom is -0.370 e. The Morgan fingerprint density at radius 2 is 2.00 bits per heavy atom. The van der Waals surface area contributed by atoms with Gasteiger partial charge in [-0.2, -0.15) is 0 Å². The highest BCUT2D eigenvalue weighted by Gasteiger charge is 2.27. The lowest BCUT2D eigenvalue weighted by molar-refractivity contribution is 0.255. The number of guanidine groups is 1. The van der Waals surface area contributed by atoms with Crippen molar-refractivity contribution in [2.24, 2.45) is 22.6 Å². The number of rotatable bonds is 1. The molecule has 2 aliphatic rings. The SMILES string of the molecule is CC1CCCN(C(N)=NC2CCC2C)C1.I. The van der Waals surface area contributed by atoms with Gasteiger partial charge in [0.2, 0.25) is 0 Å². The number of hydrogen-bond acceptors (Lipinski definition) is 1. The Labute approximate surface area is 116 Å². The van der Waals surface area contributed by atoms with Gasteiger partial charge < -0.3 is 10.6 Å². The molecule has 94 valence electrons. The Bertz CT molecular complexity index is 255. The quantitative estimate of drug-likeness (QED) is 0.454. The van der Waals surface area contributed by atoms with Crippen molar-refractivity contribution in [3.8, 4) is 0 Å². The van der Waals surface area contributed by atoms with E-state index in [2.05, 4.69) is 23.7 Å². The van der Waals surface area contributed by atoms with E-state index in [0.29, 0.717) is 6.04 Å². The van der Waals surface area contributed by atoms with Gasteiger partial charge in [-0.15, -0.1) is 24.0 Å². The molecule has 0 spiro atoms. The topological polar surface area (TPSA) is 41.6 Å². The minimum atomic E-state index is 0. The Balaban J connectivity index is 0.00000128. The van der Waals surface area contributed by atoms with Gasteiger partial charge in [-0.05, 0) is 37.5 Å². The molecular formula is C12H24IN3. The number of nitrogens with two attached hydrogens (primary N) is 1. The maximum Gasteiger partial charge on any atom is 0.191 e. The van der Waals surface area contributed by atoms with Gasteiger partial charge in [-0.1, -0.05) is 13.8 Å². The highest BCUT2D eigenvalue weighted by Crippen LogP contribution is 2.29. The van der Waals surface area contributed by atoms with E-state index in [4.69, 9.17) is 5.73 Å². The van der Waals surface area contributed by atoms with Gasteiger partial charge in [0.25, 0.3) is 0 Å². The molecule has 4 heteroatoms. The monoisotopic (exact) mass is 337 g/mol. The van der Waals surface area contributed by atoms with Crippen molar-refractivity contribution >= 4 is 29.9 Å². The van der Waals surface area contributed by atoms with Gasteiger partial charge in [-0.25, -0.2) is 4.99 Å². The van der Waals surface area contributed by atoms with E-state index in [-0.39, 0.29) is 24.0 Å². The van der Waals surface area contributed by atoms with Crippen molar-refractivity contribution in [3.63, 3.8) is 0 Å². The lowest BCUT2D eigenvalue weighted by Gasteiger charge is -2.35. The highest BCUT2D eigenvalue weighted by atomic mass is 127. The fraction of sp³-hybridized carbons (Fsp3) is 0.917.